The van der Waals surface area contributed by atoms with Crippen molar-refractivity contribution in [3.63, 3.8) is 0 Å². The van der Waals surface area contributed by atoms with Crippen molar-refractivity contribution in [2.75, 3.05) is 13.1 Å². The van der Waals surface area contributed by atoms with Gasteiger partial charge in [-0.15, -0.1) is 0 Å². The standard InChI is InChI=1S/C14H18N2O3/c17-13(18)6-7-15-14(19)16-9-11-8-12(11)10-4-2-1-3-5-10/h1-5,11-12H,6-9H2,(H,17,18)(H2,15,16,19)/t11-,12-/m0/s1. The Morgan fingerprint density at radius 1 is 1.21 bits per heavy atom. The monoisotopic (exact) mass is 262 g/mol. The van der Waals surface area contributed by atoms with Crippen molar-refractivity contribution in [1.82, 2.24) is 10.6 Å². The predicted molar refractivity (Wildman–Crippen MR) is 70.9 cm³/mol. The van der Waals surface area contributed by atoms with E-state index >= 15 is 0 Å². The summed E-state index contributed by atoms with van der Waals surface area (Å²) in [4.78, 5) is 21.7. The molecule has 1 fully saturated rings. The molecule has 1 aliphatic carbocycles. The van der Waals surface area contributed by atoms with Crippen molar-refractivity contribution in [2.24, 2.45) is 5.92 Å². The van der Waals surface area contributed by atoms with Crippen LogP contribution in [-0.2, 0) is 4.79 Å². The Labute approximate surface area is 112 Å². The van der Waals surface area contributed by atoms with Crippen LogP contribution in [0.4, 0.5) is 4.79 Å². The van der Waals surface area contributed by atoms with Crippen molar-refractivity contribution >= 4 is 12.0 Å². The Balaban J connectivity index is 1.62. The maximum absolute atomic E-state index is 11.4. The molecule has 1 aromatic carbocycles. The van der Waals surface area contributed by atoms with Crippen LogP contribution in [0.15, 0.2) is 30.3 Å². The fourth-order valence-corrected chi connectivity index (χ4v) is 2.15. The van der Waals surface area contributed by atoms with Gasteiger partial charge in [0.15, 0.2) is 0 Å². The van der Waals surface area contributed by atoms with E-state index in [1.807, 2.05) is 18.2 Å². The summed E-state index contributed by atoms with van der Waals surface area (Å²) < 4.78 is 0. The summed E-state index contributed by atoms with van der Waals surface area (Å²) in [6.45, 7) is 0.798. The first-order valence-corrected chi connectivity index (χ1v) is 6.45. The third kappa shape index (κ3) is 4.28. The lowest BCUT2D eigenvalue weighted by atomic mass is 10.1. The number of carbonyl (C=O) groups is 2. The number of carboxylic acid groups (broad SMARTS) is 1. The van der Waals surface area contributed by atoms with Crippen LogP contribution in [0.5, 0.6) is 0 Å². The van der Waals surface area contributed by atoms with E-state index < -0.39 is 5.97 Å². The number of aliphatic carboxylic acids is 1. The number of hydrogen-bond acceptors (Lipinski definition) is 2. The number of hydrogen-bond donors (Lipinski definition) is 3. The summed E-state index contributed by atoms with van der Waals surface area (Å²) in [5, 5.41) is 13.7. The van der Waals surface area contributed by atoms with Crippen LogP contribution in [0.3, 0.4) is 0 Å². The topological polar surface area (TPSA) is 78.4 Å². The quantitative estimate of drug-likeness (QED) is 0.728. The van der Waals surface area contributed by atoms with E-state index in [2.05, 4.69) is 22.8 Å². The van der Waals surface area contributed by atoms with Gasteiger partial charge in [0.1, 0.15) is 0 Å². The highest BCUT2D eigenvalue weighted by molar-refractivity contribution is 5.75. The zero-order valence-corrected chi connectivity index (χ0v) is 10.6. The van der Waals surface area contributed by atoms with Crippen molar-refractivity contribution in [2.45, 2.75) is 18.8 Å². The number of benzene rings is 1. The minimum Gasteiger partial charge on any atom is -0.481 e. The van der Waals surface area contributed by atoms with Crippen molar-refractivity contribution in [3.05, 3.63) is 35.9 Å². The first-order valence-electron chi connectivity index (χ1n) is 6.45. The lowest BCUT2D eigenvalue weighted by Crippen LogP contribution is -2.37. The van der Waals surface area contributed by atoms with E-state index in [1.165, 1.54) is 5.56 Å². The summed E-state index contributed by atoms with van der Waals surface area (Å²) in [6.07, 6.45) is 1.04. The van der Waals surface area contributed by atoms with Crippen LogP contribution in [-0.4, -0.2) is 30.2 Å². The minimum absolute atomic E-state index is 0.0521. The number of carbonyl (C=O) groups excluding carboxylic acids is 1. The van der Waals surface area contributed by atoms with Gasteiger partial charge in [0.25, 0.3) is 0 Å². The second kappa shape index (κ2) is 6.22. The summed E-state index contributed by atoms with van der Waals surface area (Å²) in [5.41, 5.74) is 1.32. The highest BCUT2D eigenvalue weighted by atomic mass is 16.4. The molecular weight excluding hydrogens is 244 g/mol. The Bertz CT molecular complexity index is 447. The Kier molecular flexibility index (Phi) is 4.39. The smallest absolute Gasteiger partial charge is 0.314 e. The lowest BCUT2D eigenvalue weighted by Gasteiger charge is -2.06. The Hall–Kier alpha value is -2.04. The highest BCUT2D eigenvalue weighted by Gasteiger charge is 2.37. The zero-order chi connectivity index (χ0) is 13.7. The van der Waals surface area contributed by atoms with E-state index in [0.29, 0.717) is 18.4 Å². The maximum Gasteiger partial charge on any atom is 0.314 e. The summed E-state index contributed by atoms with van der Waals surface area (Å²) >= 11 is 0. The molecule has 0 heterocycles. The Morgan fingerprint density at radius 3 is 2.63 bits per heavy atom. The minimum atomic E-state index is -0.911. The third-order valence-electron chi connectivity index (χ3n) is 3.30. The SMILES string of the molecule is O=C(O)CCNC(=O)NC[C@@H]1C[C@H]1c1ccccc1. The zero-order valence-electron chi connectivity index (χ0n) is 10.6. The molecule has 0 saturated heterocycles. The molecule has 0 radical (unpaired) electrons. The van der Waals surface area contributed by atoms with E-state index in [1.54, 1.807) is 0 Å². The second-order valence-electron chi connectivity index (χ2n) is 4.79. The molecule has 102 valence electrons. The lowest BCUT2D eigenvalue weighted by molar-refractivity contribution is -0.136. The second-order valence-corrected chi connectivity index (χ2v) is 4.79. The molecule has 0 bridgehead atoms. The number of carboxylic acids is 1. The summed E-state index contributed by atoms with van der Waals surface area (Å²) in [6, 6.07) is 9.97. The van der Waals surface area contributed by atoms with Crippen LogP contribution in [0.1, 0.15) is 24.3 Å². The molecule has 1 aromatic rings. The van der Waals surface area contributed by atoms with Gasteiger partial charge in [-0.2, -0.15) is 0 Å². The van der Waals surface area contributed by atoms with Crippen molar-refractivity contribution in [3.8, 4) is 0 Å². The number of rotatable bonds is 6. The number of nitrogens with one attached hydrogen (secondary N) is 2. The van der Waals surface area contributed by atoms with Gasteiger partial charge in [-0.25, -0.2) is 4.79 Å². The van der Waals surface area contributed by atoms with Gasteiger partial charge in [0.2, 0.25) is 0 Å². The van der Waals surface area contributed by atoms with Gasteiger partial charge in [-0.1, -0.05) is 30.3 Å². The molecule has 5 nitrogen and oxygen atoms in total. The fourth-order valence-electron chi connectivity index (χ4n) is 2.15. The average Bonchev–Trinajstić information content (AvgIpc) is 3.16. The highest BCUT2D eigenvalue weighted by Crippen LogP contribution is 2.46. The molecule has 2 atom stereocenters. The molecule has 3 N–H and O–H groups in total. The fraction of sp³-hybridized carbons (Fsp3) is 0.429. The normalized spacial score (nSPS) is 20.6. The molecular formula is C14H18N2O3. The van der Waals surface area contributed by atoms with E-state index in [-0.39, 0.29) is 19.0 Å². The van der Waals surface area contributed by atoms with Crippen LogP contribution in [0.2, 0.25) is 0 Å². The van der Waals surface area contributed by atoms with E-state index in [4.69, 9.17) is 5.11 Å². The van der Waals surface area contributed by atoms with Gasteiger partial charge < -0.3 is 15.7 Å². The van der Waals surface area contributed by atoms with Gasteiger partial charge >= 0.3 is 12.0 Å². The molecule has 2 rings (SSSR count). The molecule has 1 aliphatic rings. The number of amides is 2. The van der Waals surface area contributed by atoms with Gasteiger partial charge in [-0.05, 0) is 23.8 Å². The molecule has 1 saturated carbocycles. The molecule has 0 spiro atoms. The first kappa shape index (κ1) is 13.4. The summed E-state index contributed by atoms with van der Waals surface area (Å²) in [7, 11) is 0. The van der Waals surface area contributed by atoms with Crippen molar-refractivity contribution in [1.29, 1.82) is 0 Å². The summed E-state index contributed by atoms with van der Waals surface area (Å²) in [5.74, 6) is 0.125. The van der Waals surface area contributed by atoms with Crippen LogP contribution in [0, 0.1) is 5.92 Å². The van der Waals surface area contributed by atoms with Crippen LogP contribution >= 0.6 is 0 Å². The van der Waals surface area contributed by atoms with Gasteiger partial charge in [0, 0.05) is 13.1 Å². The molecule has 0 aromatic heterocycles. The van der Waals surface area contributed by atoms with Crippen LogP contribution < -0.4 is 10.6 Å². The maximum atomic E-state index is 11.4. The van der Waals surface area contributed by atoms with Crippen molar-refractivity contribution < 1.29 is 14.7 Å². The third-order valence-corrected chi connectivity index (χ3v) is 3.30. The molecule has 2 amide bonds. The molecule has 0 aliphatic heterocycles. The predicted octanol–water partition coefficient (Wildman–Crippen LogP) is 1.56. The largest absolute Gasteiger partial charge is 0.481 e. The molecule has 0 unspecified atom stereocenters. The van der Waals surface area contributed by atoms with E-state index in [0.717, 1.165) is 6.42 Å². The van der Waals surface area contributed by atoms with Gasteiger partial charge in [0.05, 0.1) is 6.42 Å². The van der Waals surface area contributed by atoms with Crippen LogP contribution in [0.25, 0.3) is 0 Å². The Morgan fingerprint density at radius 2 is 1.95 bits per heavy atom. The average molecular weight is 262 g/mol. The molecule has 19 heavy (non-hydrogen) atoms. The van der Waals surface area contributed by atoms with E-state index in [9.17, 15) is 9.59 Å². The number of urea groups is 1. The van der Waals surface area contributed by atoms with Gasteiger partial charge in [-0.3, -0.25) is 4.79 Å². The first-order chi connectivity index (χ1) is 9.16. The molecule has 5 heteroatoms.